The van der Waals surface area contributed by atoms with Crippen LogP contribution in [0.1, 0.15) is 23.6 Å². The summed E-state index contributed by atoms with van der Waals surface area (Å²) in [5.74, 6) is -0.302. The zero-order chi connectivity index (χ0) is 19.9. The van der Waals surface area contributed by atoms with E-state index >= 15 is 0 Å². The summed E-state index contributed by atoms with van der Waals surface area (Å²) < 4.78 is 37.6. The van der Waals surface area contributed by atoms with Crippen molar-refractivity contribution in [3.63, 3.8) is 0 Å². The van der Waals surface area contributed by atoms with Crippen LogP contribution in [0.4, 0.5) is 0 Å². The third-order valence-corrected chi connectivity index (χ3v) is 7.10. The van der Waals surface area contributed by atoms with Gasteiger partial charge in [-0.15, -0.1) is 0 Å². The molecule has 0 fully saturated rings. The van der Waals surface area contributed by atoms with Crippen LogP contribution in [0, 0.1) is 6.92 Å². The van der Waals surface area contributed by atoms with Crippen LogP contribution in [-0.4, -0.2) is 30.4 Å². The fourth-order valence-corrected chi connectivity index (χ4v) is 4.45. The molecular weight excluding hydrogens is 385 g/mol. The number of rotatable bonds is 10. The molecule has 0 radical (unpaired) electrons. The van der Waals surface area contributed by atoms with E-state index in [1.165, 1.54) is 14.2 Å². The Labute approximate surface area is 162 Å². The highest BCUT2D eigenvalue weighted by Crippen LogP contribution is 2.46. The molecule has 8 heteroatoms. The largest absolute Gasteiger partial charge is 0.337 e. The van der Waals surface area contributed by atoms with Gasteiger partial charge >= 0.3 is 7.60 Å². The van der Waals surface area contributed by atoms with Crippen molar-refractivity contribution >= 4 is 24.4 Å². The minimum atomic E-state index is -3.44. The topological polar surface area (TPSA) is 81.7 Å². The smallest absolute Gasteiger partial charge is 0.312 e. The maximum atomic E-state index is 12.7. The monoisotopic (exact) mass is 409 g/mol. The molecule has 0 unspecified atom stereocenters. The number of ketones is 1. The molecule has 0 saturated heterocycles. The predicted molar refractivity (Wildman–Crippen MR) is 106 cm³/mol. The summed E-state index contributed by atoms with van der Waals surface area (Å²) >= 11 is 0. The molecule has 2 rings (SSSR count). The number of nitrogens with one attached hydrogen (secondary N) is 1. The van der Waals surface area contributed by atoms with Crippen LogP contribution in [0.5, 0.6) is 0 Å². The van der Waals surface area contributed by atoms with E-state index in [2.05, 4.69) is 4.72 Å². The summed E-state index contributed by atoms with van der Waals surface area (Å²) in [6.07, 6.45) is -0.319. The van der Waals surface area contributed by atoms with Crippen molar-refractivity contribution in [3.8, 4) is 0 Å². The van der Waals surface area contributed by atoms with Crippen LogP contribution >= 0.6 is 7.60 Å². The summed E-state index contributed by atoms with van der Waals surface area (Å²) in [4.78, 5) is 13.1. The lowest BCUT2D eigenvalue weighted by Gasteiger charge is -2.19. The van der Waals surface area contributed by atoms with Gasteiger partial charge in [-0.3, -0.25) is 9.36 Å². The fourth-order valence-electron chi connectivity index (χ4n) is 2.48. The second kappa shape index (κ2) is 10.1. The van der Waals surface area contributed by atoms with E-state index in [9.17, 15) is 13.6 Å². The third-order valence-electron chi connectivity index (χ3n) is 4.04. The highest BCUT2D eigenvalue weighted by Gasteiger charge is 2.28. The summed E-state index contributed by atoms with van der Waals surface area (Å²) in [5.41, 5.74) is 1.89. The highest BCUT2D eigenvalue weighted by molar-refractivity contribution is 7.83. The Bertz CT molecular complexity index is 818. The highest BCUT2D eigenvalue weighted by atomic mass is 32.2. The minimum Gasteiger partial charge on any atom is -0.312 e. The van der Waals surface area contributed by atoms with Gasteiger partial charge in [0.15, 0.2) is 0 Å². The molecule has 0 heterocycles. The standard InChI is InChI=1S/C19H24NO5PS/c1-15-9-11-18(12-10-15)27(23)20-19(16-7-5-4-6-8-16)13-17(21)14-26(22,24-2)25-3/h4-12,19-20H,13-14H2,1-3H3/t19-,27+/m1/s1. The van der Waals surface area contributed by atoms with Crippen molar-refractivity contribution < 1.29 is 22.6 Å². The van der Waals surface area contributed by atoms with Crippen LogP contribution < -0.4 is 4.72 Å². The Kier molecular flexibility index (Phi) is 8.07. The molecule has 0 saturated carbocycles. The van der Waals surface area contributed by atoms with Gasteiger partial charge in [-0.05, 0) is 24.6 Å². The first kappa shape index (κ1) is 21.7. The maximum Gasteiger partial charge on any atom is 0.337 e. The van der Waals surface area contributed by atoms with E-state index in [0.717, 1.165) is 11.1 Å². The van der Waals surface area contributed by atoms with Gasteiger partial charge in [0.05, 0.1) is 10.9 Å². The first-order valence-electron chi connectivity index (χ1n) is 8.38. The van der Waals surface area contributed by atoms with Crippen molar-refractivity contribution in [2.24, 2.45) is 0 Å². The second-order valence-corrected chi connectivity index (χ2v) is 9.55. The van der Waals surface area contributed by atoms with Crippen LogP contribution in [0.2, 0.25) is 0 Å². The van der Waals surface area contributed by atoms with Gasteiger partial charge in [0.2, 0.25) is 0 Å². The number of benzene rings is 2. The Morgan fingerprint density at radius 3 is 2.22 bits per heavy atom. The molecule has 0 bridgehead atoms. The molecule has 0 amide bonds. The van der Waals surface area contributed by atoms with Crippen LogP contribution in [-0.2, 0) is 29.4 Å². The van der Waals surface area contributed by atoms with Crippen molar-refractivity contribution in [1.82, 2.24) is 4.72 Å². The molecule has 27 heavy (non-hydrogen) atoms. The van der Waals surface area contributed by atoms with Crippen LogP contribution in [0.25, 0.3) is 0 Å². The van der Waals surface area contributed by atoms with Crippen molar-refractivity contribution in [2.75, 3.05) is 20.4 Å². The lowest BCUT2D eigenvalue weighted by atomic mass is 10.0. The van der Waals surface area contributed by atoms with Crippen molar-refractivity contribution in [3.05, 3.63) is 65.7 Å². The predicted octanol–water partition coefficient (Wildman–Crippen LogP) is 3.79. The molecule has 1 N–H and O–H groups in total. The number of carbonyl (C=O) groups is 1. The van der Waals surface area contributed by atoms with Gasteiger partial charge in [-0.2, -0.15) is 0 Å². The lowest BCUT2D eigenvalue weighted by molar-refractivity contribution is -0.117. The summed E-state index contributed by atoms with van der Waals surface area (Å²) in [5, 5.41) is 0. The number of carbonyl (C=O) groups excluding carboxylic acids is 1. The quantitative estimate of drug-likeness (QED) is 0.604. The maximum absolute atomic E-state index is 12.7. The van der Waals surface area contributed by atoms with Crippen molar-refractivity contribution in [1.29, 1.82) is 0 Å². The summed E-state index contributed by atoms with van der Waals surface area (Å²) in [6, 6.07) is 16.1. The van der Waals surface area contributed by atoms with E-state index < -0.39 is 24.6 Å². The van der Waals surface area contributed by atoms with Gasteiger partial charge in [0.25, 0.3) is 0 Å². The first-order chi connectivity index (χ1) is 12.9. The van der Waals surface area contributed by atoms with Gasteiger partial charge in [-0.1, -0.05) is 48.0 Å². The van der Waals surface area contributed by atoms with E-state index in [1.807, 2.05) is 49.4 Å². The Hall–Kier alpha value is -1.63. The Balaban J connectivity index is 2.17. The Morgan fingerprint density at radius 1 is 1.07 bits per heavy atom. The molecule has 0 aliphatic rings. The van der Waals surface area contributed by atoms with Gasteiger partial charge in [0, 0.05) is 20.6 Å². The zero-order valence-electron chi connectivity index (χ0n) is 15.6. The number of hydrogen-bond acceptors (Lipinski definition) is 5. The molecule has 146 valence electrons. The molecule has 2 aromatic rings. The minimum absolute atomic E-state index is 0.0122. The van der Waals surface area contributed by atoms with Gasteiger partial charge < -0.3 is 9.05 Å². The first-order valence-corrected chi connectivity index (χ1v) is 11.3. The van der Waals surface area contributed by atoms with E-state index in [0.29, 0.717) is 4.90 Å². The molecular formula is C19H24NO5PS. The van der Waals surface area contributed by atoms with Crippen LogP contribution in [0.15, 0.2) is 59.5 Å². The fraction of sp³-hybridized carbons (Fsp3) is 0.316. The SMILES string of the molecule is COP(=O)(CC(=O)C[C@@H](N[S@@](=O)c1ccc(C)cc1)c1ccccc1)OC. The number of hydrogen-bond donors (Lipinski definition) is 1. The van der Waals surface area contributed by atoms with Crippen LogP contribution in [0.3, 0.4) is 0 Å². The van der Waals surface area contributed by atoms with E-state index in [4.69, 9.17) is 9.05 Å². The second-order valence-electron chi connectivity index (χ2n) is 6.04. The third kappa shape index (κ3) is 6.48. The van der Waals surface area contributed by atoms with E-state index in [1.54, 1.807) is 12.1 Å². The van der Waals surface area contributed by atoms with Gasteiger partial charge in [0.1, 0.15) is 22.9 Å². The normalized spacial score (nSPS) is 13.9. The zero-order valence-corrected chi connectivity index (χ0v) is 17.3. The molecule has 0 aliphatic heterocycles. The molecule has 2 aromatic carbocycles. The average molecular weight is 409 g/mol. The van der Waals surface area contributed by atoms with Crippen molar-refractivity contribution in [2.45, 2.75) is 24.3 Å². The van der Waals surface area contributed by atoms with Gasteiger partial charge in [-0.25, -0.2) is 8.93 Å². The summed E-state index contributed by atoms with van der Waals surface area (Å²) in [6.45, 7) is 1.95. The Morgan fingerprint density at radius 2 is 1.67 bits per heavy atom. The number of Topliss-reactive ketones (excluding diaryl/α,β-unsaturated/α-hetero) is 1. The average Bonchev–Trinajstić information content (AvgIpc) is 2.68. The lowest BCUT2D eigenvalue weighted by Crippen LogP contribution is -2.27. The number of aryl methyl sites for hydroxylation is 1. The molecule has 0 aromatic heterocycles. The molecule has 6 nitrogen and oxygen atoms in total. The molecule has 0 spiro atoms. The molecule has 2 atom stereocenters. The molecule has 0 aliphatic carbocycles. The summed E-state index contributed by atoms with van der Waals surface area (Å²) in [7, 11) is -2.44. The van der Waals surface area contributed by atoms with E-state index in [-0.39, 0.29) is 18.4 Å².